The summed E-state index contributed by atoms with van der Waals surface area (Å²) in [7, 11) is 0. The number of hydrogen-bond acceptors (Lipinski definition) is 3. The topological polar surface area (TPSA) is 25.8 Å². The largest absolute Gasteiger partial charge is 0.234 e. The minimum Gasteiger partial charge on any atom is -0.234 e. The molecule has 0 aliphatic rings. The maximum absolute atomic E-state index is 5.91. The minimum atomic E-state index is 0.650. The molecule has 2 nitrogen and oxygen atoms in total. The van der Waals surface area contributed by atoms with E-state index in [0.29, 0.717) is 5.02 Å². The van der Waals surface area contributed by atoms with Crippen LogP contribution in [0.4, 0.5) is 0 Å². The first-order chi connectivity index (χ1) is 8.22. The number of pyridine rings is 1. The predicted octanol–water partition coefficient (Wildman–Crippen LogP) is 4.32. The lowest BCUT2D eigenvalue weighted by Gasteiger charge is -1.95. The number of nitrogens with zero attached hydrogens (tertiary/aromatic N) is 2. The number of halogens is 1. The summed E-state index contributed by atoms with van der Waals surface area (Å²) in [5.74, 6) is 0. The van der Waals surface area contributed by atoms with Crippen molar-refractivity contribution in [2.24, 2.45) is 0 Å². The Morgan fingerprint density at radius 3 is 2.71 bits per heavy atom. The van der Waals surface area contributed by atoms with Crippen molar-refractivity contribution in [3.8, 4) is 10.6 Å². The molecule has 17 heavy (non-hydrogen) atoms. The summed E-state index contributed by atoms with van der Waals surface area (Å²) in [6, 6.07) is 10.2. The Labute approximate surface area is 108 Å². The van der Waals surface area contributed by atoms with Gasteiger partial charge < -0.3 is 0 Å². The molecule has 0 saturated heterocycles. The Hall–Kier alpha value is -1.45. The zero-order valence-electron chi connectivity index (χ0n) is 9.14. The molecule has 0 fully saturated rings. The second kappa shape index (κ2) is 4.09. The number of benzene rings is 1. The zero-order chi connectivity index (χ0) is 11.8. The van der Waals surface area contributed by atoms with Gasteiger partial charge in [0.15, 0.2) is 5.65 Å². The summed E-state index contributed by atoms with van der Waals surface area (Å²) in [5.41, 5.74) is 3.13. The van der Waals surface area contributed by atoms with Crippen LogP contribution < -0.4 is 0 Å². The smallest absolute Gasteiger partial charge is 0.171 e. The van der Waals surface area contributed by atoms with E-state index >= 15 is 0 Å². The number of thiazole rings is 1. The molecule has 0 aliphatic heterocycles. The third kappa shape index (κ3) is 2.04. The van der Waals surface area contributed by atoms with Gasteiger partial charge in [-0.2, -0.15) is 0 Å². The van der Waals surface area contributed by atoms with E-state index < -0.39 is 0 Å². The van der Waals surface area contributed by atoms with Crippen LogP contribution in [-0.4, -0.2) is 9.97 Å². The number of aromatic nitrogens is 2. The van der Waals surface area contributed by atoms with Crippen LogP contribution in [0.5, 0.6) is 0 Å². The Morgan fingerprint density at radius 1 is 1.18 bits per heavy atom. The molecule has 84 valence electrons. The van der Waals surface area contributed by atoms with E-state index in [4.69, 9.17) is 11.6 Å². The lowest BCUT2D eigenvalue weighted by atomic mass is 10.2. The summed E-state index contributed by atoms with van der Waals surface area (Å²) in [5, 5.41) is 1.63. The van der Waals surface area contributed by atoms with Crippen molar-refractivity contribution >= 4 is 33.3 Å². The molecule has 0 bridgehead atoms. The summed E-state index contributed by atoms with van der Waals surface area (Å²) < 4.78 is 1.02. The molecule has 0 spiro atoms. The van der Waals surface area contributed by atoms with Crippen molar-refractivity contribution in [1.82, 2.24) is 9.97 Å². The first-order valence-corrected chi connectivity index (χ1v) is 6.41. The van der Waals surface area contributed by atoms with E-state index in [1.807, 2.05) is 6.07 Å². The lowest BCUT2D eigenvalue weighted by molar-refractivity contribution is 1.32. The highest BCUT2D eigenvalue weighted by atomic mass is 35.5. The second-order valence-electron chi connectivity index (χ2n) is 3.86. The molecule has 0 atom stereocenters. The molecule has 0 unspecified atom stereocenters. The summed E-state index contributed by atoms with van der Waals surface area (Å²) in [6.07, 6.45) is 1.63. The van der Waals surface area contributed by atoms with Crippen LogP contribution in [0.2, 0.25) is 5.02 Å². The summed E-state index contributed by atoms with van der Waals surface area (Å²) >= 11 is 7.52. The summed E-state index contributed by atoms with van der Waals surface area (Å²) in [6.45, 7) is 2.07. The highest BCUT2D eigenvalue weighted by molar-refractivity contribution is 7.21. The van der Waals surface area contributed by atoms with Crippen LogP contribution in [0.15, 0.2) is 36.5 Å². The standard InChI is InChI=1S/C13H9ClN2S/c1-8-2-4-9(5-3-8)13-16-12-11(17-13)6-10(14)7-15-12/h2-7H,1H3. The number of rotatable bonds is 1. The minimum absolute atomic E-state index is 0.650. The SMILES string of the molecule is Cc1ccc(-c2nc3ncc(Cl)cc3s2)cc1. The number of aryl methyl sites for hydroxylation is 1. The fraction of sp³-hybridized carbons (Fsp3) is 0.0769. The molecule has 4 heteroatoms. The molecule has 1 aromatic carbocycles. The van der Waals surface area contributed by atoms with E-state index in [1.54, 1.807) is 17.5 Å². The Morgan fingerprint density at radius 2 is 1.94 bits per heavy atom. The Kier molecular flexibility index (Phi) is 2.57. The molecule has 3 rings (SSSR count). The van der Waals surface area contributed by atoms with Gasteiger partial charge in [-0.15, -0.1) is 11.3 Å². The molecular formula is C13H9ClN2S. The fourth-order valence-electron chi connectivity index (χ4n) is 1.62. The van der Waals surface area contributed by atoms with E-state index in [0.717, 1.165) is 20.9 Å². The van der Waals surface area contributed by atoms with Crippen LogP contribution in [0.3, 0.4) is 0 Å². The van der Waals surface area contributed by atoms with Gasteiger partial charge >= 0.3 is 0 Å². The molecule has 0 radical (unpaired) electrons. The van der Waals surface area contributed by atoms with E-state index in [2.05, 4.69) is 41.2 Å². The van der Waals surface area contributed by atoms with Gasteiger partial charge in [-0.05, 0) is 13.0 Å². The molecular weight excluding hydrogens is 252 g/mol. The average Bonchev–Trinajstić information content (AvgIpc) is 2.72. The zero-order valence-corrected chi connectivity index (χ0v) is 10.7. The fourth-order valence-corrected chi connectivity index (χ4v) is 2.81. The van der Waals surface area contributed by atoms with Crippen molar-refractivity contribution in [1.29, 1.82) is 0 Å². The maximum Gasteiger partial charge on any atom is 0.171 e. The van der Waals surface area contributed by atoms with Crippen molar-refractivity contribution in [3.63, 3.8) is 0 Å². The molecule has 0 N–H and O–H groups in total. The normalized spacial score (nSPS) is 10.9. The van der Waals surface area contributed by atoms with Gasteiger partial charge in [-0.1, -0.05) is 41.4 Å². The van der Waals surface area contributed by atoms with E-state index in [-0.39, 0.29) is 0 Å². The lowest BCUT2D eigenvalue weighted by Crippen LogP contribution is -1.78. The molecule has 3 aromatic rings. The van der Waals surface area contributed by atoms with Crippen LogP contribution in [0.25, 0.3) is 20.9 Å². The number of fused-ring (bicyclic) bond motifs is 1. The third-order valence-corrected chi connectivity index (χ3v) is 3.76. The van der Waals surface area contributed by atoms with Gasteiger partial charge in [0, 0.05) is 11.8 Å². The van der Waals surface area contributed by atoms with E-state index in [9.17, 15) is 0 Å². The van der Waals surface area contributed by atoms with Gasteiger partial charge in [0.05, 0.1) is 9.72 Å². The Bertz CT molecular complexity index is 673. The molecule has 0 saturated carbocycles. The predicted molar refractivity (Wildman–Crippen MR) is 72.6 cm³/mol. The number of hydrogen-bond donors (Lipinski definition) is 0. The van der Waals surface area contributed by atoms with Crippen LogP contribution in [0, 0.1) is 6.92 Å². The monoisotopic (exact) mass is 260 g/mol. The molecule has 2 heterocycles. The van der Waals surface area contributed by atoms with Gasteiger partial charge in [0.25, 0.3) is 0 Å². The van der Waals surface area contributed by atoms with Gasteiger partial charge in [0.1, 0.15) is 5.01 Å². The highest BCUT2D eigenvalue weighted by Crippen LogP contribution is 2.30. The quantitative estimate of drug-likeness (QED) is 0.651. The molecule has 0 aliphatic carbocycles. The van der Waals surface area contributed by atoms with Crippen LogP contribution in [0.1, 0.15) is 5.56 Å². The van der Waals surface area contributed by atoms with E-state index in [1.165, 1.54) is 5.56 Å². The first kappa shape index (κ1) is 10.7. The summed E-state index contributed by atoms with van der Waals surface area (Å²) in [4.78, 5) is 8.71. The van der Waals surface area contributed by atoms with Crippen LogP contribution in [-0.2, 0) is 0 Å². The van der Waals surface area contributed by atoms with Crippen molar-refractivity contribution in [2.75, 3.05) is 0 Å². The van der Waals surface area contributed by atoms with Gasteiger partial charge in [-0.3, -0.25) is 0 Å². The van der Waals surface area contributed by atoms with Gasteiger partial charge in [-0.25, -0.2) is 9.97 Å². The maximum atomic E-state index is 5.91. The van der Waals surface area contributed by atoms with Crippen molar-refractivity contribution in [2.45, 2.75) is 6.92 Å². The molecule has 2 aromatic heterocycles. The highest BCUT2D eigenvalue weighted by Gasteiger charge is 2.07. The van der Waals surface area contributed by atoms with Crippen molar-refractivity contribution in [3.05, 3.63) is 47.1 Å². The average molecular weight is 261 g/mol. The third-order valence-electron chi connectivity index (χ3n) is 2.51. The Balaban J connectivity index is 2.14. The van der Waals surface area contributed by atoms with Gasteiger partial charge in [0.2, 0.25) is 0 Å². The van der Waals surface area contributed by atoms with Crippen molar-refractivity contribution < 1.29 is 0 Å². The first-order valence-electron chi connectivity index (χ1n) is 5.21. The molecule has 0 amide bonds. The van der Waals surface area contributed by atoms with Crippen LogP contribution >= 0.6 is 22.9 Å². The second-order valence-corrected chi connectivity index (χ2v) is 5.33.